The van der Waals surface area contributed by atoms with Crippen molar-refractivity contribution >= 4 is 23.3 Å². The van der Waals surface area contributed by atoms with E-state index in [9.17, 15) is 14.7 Å². The summed E-state index contributed by atoms with van der Waals surface area (Å²) in [4.78, 5) is 29.3. The molecule has 0 unspecified atom stereocenters. The number of hydrogen-bond acceptors (Lipinski definition) is 4. The minimum atomic E-state index is -1.11. The number of carboxylic acids is 1. The van der Waals surface area contributed by atoms with E-state index in [1.807, 2.05) is 5.38 Å². The Morgan fingerprint density at radius 3 is 2.70 bits per heavy atom. The average Bonchev–Trinajstić information content (AvgIpc) is 2.92. The molecule has 2 rings (SSSR count). The van der Waals surface area contributed by atoms with E-state index in [1.54, 1.807) is 12.6 Å². The maximum atomic E-state index is 12.2. The van der Waals surface area contributed by atoms with Crippen LogP contribution in [0.15, 0.2) is 10.9 Å². The first-order valence-corrected chi connectivity index (χ1v) is 7.61. The van der Waals surface area contributed by atoms with Crippen molar-refractivity contribution in [3.8, 4) is 0 Å². The first kappa shape index (κ1) is 14.8. The Hall–Kier alpha value is -1.63. The highest BCUT2D eigenvalue weighted by Gasteiger charge is 2.41. The maximum absolute atomic E-state index is 12.2. The van der Waals surface area contributed by atoms with Crippen LogP contribution in [0, 0.1) is 0 Å². The Balaban J connectivity index is 1.99. The molecule has 0 aromatic carbocycles. The van der Waals surface area contributed by atoms with Crippen LogP contribution in [-0.4, -0.2) is 39.6 Å². The summed E-state index contributed by atoms with van der Waals surface area (Å²) in [6.45, 7) is 0.380. The zero-order valence-electron chi connectivity index (χ0n) is 11.5. The predicted octanol–water partition coefficient (Wildman–Crippen LogP) is 2.07. The van der Waals surface area contributed by atoms with Crippen molar-refractivity contribution in [3.63, 3.8) is 0 Å². The van der Waals surface area contributed by atoms with Gasteiger partial charge in [-0.05, 0) is 12.8 Å². The van der Waals surface area contributed by atoms with E-state index in [0.717, 1.165) is 25.0 Å². The summed E-state index contributed by atoms with van der Waals surface area (Å²) in [5.41, 5.74) is 1.41. The number of carbonyl (C=O) groups is 2. The number of urea groups is 1. The average molecular weight is 297 g/mol. The van der Waals surface area contributed by atoms with Crippen molar-refractivity contribution in [2.45, 2.75) is 44.2 Å². The predicted molar refractivity (Wildman–Crippen MR) is 75.6 cm³/mol. The number of nitrogens with zero attached hydrogens (tertiary/aromatic N) is 2. The van der Waals surface area contributed by atoms with Crippen LogP contribution in [0.25, 0.3) is 0 Å². The van der Waals surface area contributed by atoms with Crippen LogP contribution < -0.4 is 5.32 Å². The van der Waals surface area contributed by atoms with Crippen LogP contribution in [0.4, 0.5) is 4.79 Å². The molecule has 20 heavy (non-hydrogen) atoms. The standard InChI is InChI=1S/C13H19N3O3S/c1-16(7-10-8-20-9-14-10)12(19)15-13(11(17)18)5-3-2-4-6-13/h8-9H,2-7H2,1H3,(H,15,19)(H,17,18). The van der Waals surface area contributed by atoms with Gasteiger partial charge in [0.25, 0.3) is 0 Å². The van der Waals surface area contributed by atoms with Crippen molar-refractivity contribution in [2.75, 3.05) is 7.05 Å². The highest BCUT2D eigenvalue weighted by atomic mass is 32.1. The number of carbonyl (C=O) groups excluding carboxylic acids is 1. The van der Waals surface area contributed by atoms with Crippen molar-refractivity contribution in [1.29, 1.82) is 0 Å². The Labute approximate surface area is 121 Å². The third-order valence-corrected chi connectivity index (χ3v) is 4.33. The fraction of sp³-hybridized carbons (Fsp3) is 0.615. The Morgan fingerprint density at radius 2 is 2.15 bits per heavy atom. The molecule has 1 aromatic rings. The lowest BCUT2D eigenvalue weighted by Crippen LogP contribution is -2.58. The Bertz CT molecular complexity index is 469. The number of hydrogen-bond donors (Lipinski definition) is 2. The molecule has 0 bridgehead atoms. The SMILES string of the molecule is CN(Cc1cscn1)C(=O)NC1(C(=O)O)CCCCC1. The van der Waals surface area contributed by atoms with Gasteiger partial charge in [-0.25, -0.2) is 14.6 Å². The number of carboxylic acid groups (broad SMARTS) is 1. The Morgan fingerprint density at radius 1 is 1.45 bits per heavy atom. The molecule has 1 aromatic heterocycles. The molecule has 0 aliphatic heterocycles. The molecule has 7 heteroatoms. The first-order valence-electron chi connectivity index (χ1n) is 6.67. The number of aromatic nitrogens is 1. The third kappa shape index (κ3) is 3.27. The van der Waals surface area contributed by atoms with Gasteiger partial charge in [-0.2, -0.15) is 0 Å². The van der Waals surface area contributed by atoms with Crippen molar-refractivity contribution in [2.24, 2.45) is 0 Å². The van der Waals surface area contributed by atoms with Crippen LogP contribution in [0.2, 0.25) is 0 Å². The lowest BCUT2D eigenvalue weighted by Gasteiger charge is -2.35. The molecule has 1 heterocycles. The lowest BCUT2D eigenvalue weighted by molar-refractivity contribution is -0.145. The molecule has 110 valence electrons. The molecule has 2 amide bonds. The highest BCUT2D eigenvalue weighted by Crippen LogP contribution is 2.28. The fourth-order valence-corrected chi connectivity index (χ4v) is 3.03. The molecular weight excluding hydrogens is 278 g/mol. The summed E-state index contributed by atoms with van der Waals surface area (Å²) in [6.07, 6.45) is 3.70. The number of aliphatic carboxylic acids is 1. The quantitative estimate of drug-likeness (QED) is 0.891. The molecule has 0 atom stereocenters. The molecule has 0 spiro atoms. The minimum Gasteiger partial charge on any atom is -0.480 e. The first-order chi connectivity index (χ1) is 9.53. The molecule has 1 aliphatic rings. The zero-order chi connectivity index (χ0) is 14.6. The normalized spacial score (nSPS) is 17.4. The molecule has 1 aliphatic carbocycles. The summed E-state index contributed by atoms with van der Waals surface area (Å²) in [7, 11) is 1.65. The van der Waals surface area contributed by atoms with Crippen LogP contribution in [-0.2, 0) is 11.3 Å². The number of amides is 2. The largest absolute Gasteiger partial charge is 0.480 e. The topological polar surface area (TPSA) is 82.5 Å². The van der Waals surface area contributed by atoms with Gasteiger partial charge >= 0.3 is 12.0 Å². The number of thiazole rings is 1. The van der Waals surface area contributed by atoms with E-state index in [-0.39, 0.29) is 6.03 Å². The molecule has 1 fully saturated rings. The van der Waals surface area contributed by atoms with Gasteiger partial charge in [-0.1, -0.05) is 19.3 Å². The van der Waals surface area contributed by atoms with Crippen molar-refractivity contribution < 1.29 is 14.7 Å². The van der Waals surface area contributed by atoms with Gasteiger partial charge < -0.3 is 15.3 Å². The molecule has 2 N–H and O–H groups in total. The summed E-state index contributed by atoms with van der Waals surface area (Å²) < 4.78 is 0. The van der Waals surface area contributed by atoms with E-state index < -0.39 is 11.5 Å². The van der Waals surface area contributed by atoms with Gasteiger partial charge in [-0.15, -0.1) is 11.3 Å². The van der Waals surface area contributed by atoms with Crippen LogP contribution >= 0.6 is 11.3 Å². The van der Waals surface area contributed by atoms with Gasteiger partial charge in [-0.3, -0.25) is 0 Å². The summed E-state index contributed by atoms with van der Waals surface area (Å²) in [6, 6.07) is -0.359. The molecule has 1 saturated carbocycles. The molecule has 6 nitrogen and oxygen atoms in total. The monoisotopic (exact) mass is 297 g/mol. The van der Waals surface area contributed by atoms with Gasteiger partial charge in [0.2, 0.25) is 0 Å². The van der Waals surface area contributed by atoms with Gasteiger partial charge in [0.15, 0.2) is 0 Å². The second-order valence-corrected chi connectivity index (χ2v) is 5.93. The van der Waals surface area contributed by atoms with Crippen LogP contribution in [0.3, 0.4) is 0 Å². The highest BCUT2D eigenvalue weighted by molar-refractivity contribution is 7.07. The minimum absolute atomic E-state index is 0.359. The smallest absolute Gasteiger partial charge is 0.329 e. The van der Waals surface area contributed by atoms with Gasteiger partial charge in [0.1, 0.15) is 5.54 Å². The van der Waals surface area contributed by atoms with Gasteiger partial charge in [0.05, 0.1) is 17.7 Å². The fourth-order valence-electron chi connectivity index (χ4n) is 2.48. The zero-order valence-corrected chi connectivity index (χ0v) is 12.3. The van der Waals surface area contributed by atoms with Crippen LogP contribution in [0.1, 0.15) is 37.8 Å². The van der Waals surface area contributed by atoms with Crippen molar-refractivity contribution in [1.82, 2.24) is 15.2 Å². The van der Waals surface area contributed by atoms with Crippen molar-refractivity contribution in [3.05, 3.63) is 16.6 Å². The maximum Gasteiger partial charge on any atom is 0.329 e. The van der Waals surface area contributed by atoms with E-state index >= 15 is 0 Å². The van der Waals surface area contributed by atoms with E-state index in [4.69, 9.17) is 0 Å². The summed E-state index contributed by atoms with van der Waals surface area (Å²) >= 11 is 1.47. The molecular formula is C13H19N3O3S. The van der Waals surface area contributed by atoms with E-state index in [0.29, 0.717) is 19.4 Å². The second-order valence-electron chi connectivity index (χ2n) is 5.21. The van der Waals surface area contributed by atoms with E-state index in [2.05, 4.69) is 10.3 Å². The summed E-state index contributed by atoms with van der Waals surface area (Å²) in [5, 5.41) is 14.0. The summed E-state index contributed by atoms with van der Waals surface area (Å²) in [5.74, 6) is -0.937. The second kappa shape index (κ2) is 6.21. The molecule has 0 radical (unpaired) electrons. The van der Waals surface area contributed by atoms with Crippen LogP contribution in [0.5, 0.6) is 0 Å². The third-order valence-electron chi connectivity index (χ3n) is 3.69. The van der Waals surface area contributed by atoms with E-state index in [1.165, 1.54) is 16.2 Å². The number of nitrogens with one attached hydrogen (secondary N) is 1. The van der Waals surface area contributed by atoms with Gasteiger partial charge in [0, 0.05) is 12.4 Å². The molecule has 0 saturated heterocycles. The Kier molecular flexibility index (Phi) is 4.59. The lowest BCUT2D eigenvalue weighted by atomic mass is 9.82. The number of rotatable bonds is 4.